The number of rotatable bonds is 5. The van der Waals surface area contributed by atoms with Gasteiger partial charge in [0, 0.05) is 26.4 Å². The summed E-state index contributed by atoms with van der Waals surface area (Å²) >= 11 is 6.09. The van der Waals surface area contributed by atoms with E-state index in [4.69, 9.17) is 21.6 Å². The van der Waals surface area contributed by atoms with Gasteiger partial charge in [-0.2, -0.15) is 5.26 Å². The predicted molar refractivity (Wildman–Crippen MR) is 63.7 cm³/mol. The van der Waals surface area contributed by atoms with Gasteiger partial charge in [-0.1, -0.05) is 11.6 Å². The van der Waals surface area contributed by atoms with Gasteiger partial charge in [0.1, 0.15) is 16.9 Å². The van der Waals surface area contributed by atoms with Crippen LogP contribution in [-0.4, -0.2) is 31.8 Å². The molecule has 1 aromatic heterocycles. The van der Waals surface area contributed by atoms with E-state index in [1.807, 2.05) is 17.9 Å². The molecule has 0 fully saturated rings. The Morgan fingerprint density at radius 3 is 2.94 bits per heavy atom. The molecule has 0 radical (unpaired) electrons. The van der Waals surface area contributed by atoms with Gasteiger partial charge in [-0.05, 0) is 13.0 Å². The van der Waals surface area contributed by atoms with Crippen molar-refractivity contribution in [2.24, 2.45) is 0 Å². The van der Waals surface area contributed by atoms with Gasteiger partial charge in [0.25, 0.3) is 0 Å². The van der Waals surface area contributed by atoms with Crippen LogP contribution in [0, 0.1) is 11.3 Å². The van der Waals surface area contributed by atoms with E-state index in [2.05, 4.69) is 4.98 Å². The minimum absolute atomic E-state index is 0.406. The van der Waals surface area contributed by atoms with Crippen LogP contribution in [0.1, 0.15) is 12.5 Å². The van der Waals surface area contributed by atoms with Crippen LogP contribution >= 0.6 is 11.6 Å². The number of likely N-dealkylation sites (N-methyl/N-ethyl adjacent to an activating group) is 1. The number of hydrogen-bond acceptors (Lipinski definition) is 4. The van der Waals surface area contributed by atoms with E-state index >= 15 is 0 Å². The fourth-order valence-electron chi connectivity index (χ4n) is 1.35. The molecule has 0 saturated carbocycles. The summed E-state index contributed by atoms with van der Waals surface area (Å²) in [5, 5.41) is 9.27. The van der Waals surface area contributed by atoms with Gasteiger partial charge in [-0.3, -0.25) is 0 Å². The number of pyridine rings is 1. The Bertz CT molecular complexity index is 389. The molecular formula is C11H14ClN3O. The van der Waals surface area contributed by atoms with Crippen molar-refractivity contribution in [2.75, 3.05) is 31.7 Å². The molecule has 16 heavy (non-hydrogen) atoms. The summed E-state index contributed by atoms with van der Waals surface area (Å²) in [5.74, 6) is 0.639. The molecule has 5 heteroatoms. The number of nitriles is 1. The standard InChI is InChI=1S/C11H14ClN3O/c1-3-15(6-7-16-2)11-10(12)9(8-13)4-5-14-11/h4-5H,3,6-7H2,1-2H3. The van der Waals surface area contributed by atoms with Crippen molar-refractivity contribution >= 4 is 17.4 Å². The van der Waals surface area contributed by atoms with Crippen LogP contribution in [-0.2, 0) is 4.74 Å². The van der Waals surface area contributed by atoms with Crippen molar-refractivity contribution in [3.8, 4) is 6.07 Å². The zero-order valence-corrected chi connectivity index (χ0v) is 10.2. The summed E-state index contributed by atoms with van der Waals surface area (Å²) in [4.78, 5) is 6.18. The minimum Gasteiger partial charge on any atom is -0.383 e. The summed E-state index contributed by atoms with van der Waals surface area (Å²) < 4.78 is 5.01. The predicted octanol–water partition coefficient (Wildman–Crippen LogP) is 2.08. The van der Waals surface area contributed by atoms with Crippen LogP contribution < -0.4 is 4.90 Å². The lowest BCUT2D eigenvalue weighted by Gasteiger charge is -2.22. The fourth-order valence-corrected chi connectivity index (χ4v) is 1.63. The van der Waals surface area contributed by atoms with Gasteiger partial charge in [0.05, 0.1) is 12.2 Å². The molecular weight excluding hydrogens is 226 g/mol. The molecule has 0 aliphatic rings. The van der Waals surface area contributed by atoms with Gasteiger partial charge in [0.2, 0.25) is 0 Å². The van der Waals surface area contributed by atoms with Crippen molar-refractivity contribution in [1.29, 1.82) is 5.26 Å². The van der Waals surface area contributed by atoms with Crippen LogP contribution in [0.15, 0.2) is 12.3 Å². The van der Waals surface area contributed by atoms with Gasteiger partial charge < -0.3 is 9.64 Å². The second-order valence-corrected chi connectivity index (χ2v) is 3.56. The molecule has 0 amide bonds. The van der Waals surface area contributed by atoms with Crippen molar-refractivity contribution < 1.29 is 4.74 Å². The molecule has 0 bridgehead atoms. The first-order valence-corrected chi connectivity index (χ1v) is 5.40. The Morgan fingerprint density at radius 2 is 2.38 bits per heavy atom. The topological polar surface area (TPSA) is 49.1 Å². The minimum atomic E-state index is 0.406. The normalized spacial score (nSPS) is 9.88. The smallest absolute Gasteiger partial charge is 0.148 e. The lowest BCUT2D eigenvalue weighted by atomic mass is 10.2. The Balaban J connectivity index is 2.97. The molecule has 4 nitrogen and oxygen atoms in total. The van der Waals surface area contributed by atoms with E-state index < -0.39 is 0 Å². The zero-order valence-electron chi connectivity index (χ0n) is 9.40. The van der Waals surface area contributed by atoms with Crippen LogP contribution in [0.5, 0.6) is 0 Å². The quantitative estimate of drug-likeness (QED) is 0.790. The average molecular weight is 240 g/mol. The summed E-state index contributed by atoms with van der Waals surface area (Å²) in [5.41, 5.74) is 0.447. The maximum Gasteiger partial charge on any atom is 0.148 e. The first-order valence-electron chi connectivity index (χ1n) is 5.03. The van der Waals surface area contributed by atoms with Crippen LogP contribution in [0.2, 0.25) is 5.02 Å². The number of ether oxygens (including phenoxy) is 1. The number of anilines is 1. The Kier molecular flexibility index (Phi) is 5.03. The third-order valence-electron chi connectivity index (χ3n) is 2.24. The van der Waals surface area contributed by atoms with E-state index in [0.29, 0.717) is 29.6 Å². The highest BCUT2D eigenvalue weighted by Gasteiger charge is 2.12. The maximum atomic E-state index is 8.87. The molecule has 0 saturated heterocycles. The largest absolute Gasteiger partial charge is 0.383 e. The number of methoxy groups -OCH3 is 1. The van der Waals surface area contributed by atoms with Crippen LogP contribution in [0.3, 0.4) is 0 Å². The summed E-state index contributed by atoms with van der Waals surface area (Å²) in [6, 6.07) is 3.65. The highest BCUT2D eigenvalue weighted by atomic mass is 35.5. The molecule has 1 heterocycles. The third kappa shape index (κ3) is 2.84. The van der Waals surface area contributed by atoms with Crippen LogP contribution in [0.4, 0.5) is 5.82 Å². The highest BCUT2D eigenvalue weighted by molar-refractivity contribution is 6.34. The van der Waals surface area contributed by atoms with Crippen molar-refractivity contribution in [1.82, 2.24) is 4.98 Å². The molecule has 0 aliphatic carbocycles. The summed E-state index contributed by atoms with van der Waals surface area (Å²) in [6.45, 7) is 4.08. The third-order valence-corrected chi connectivity index (χ3v) is 2.61. The molecule has 0 aromatic carbocycles. The number of aromatic nitrogens is 1. The number of halogens is 1. The molecule has 86 valence electrons. The molecule has 0 unspecified atom stereocenters. The molecule has 1 rings (SSSR count). The van der Waals surface area contributed by atoms with Gasteiger partial charge in [0.15, 0.2) is 0 Å². The number of nitrogens with zero attached hydrogens (tertiary/aromatic N) is 3. The zero-order chi connectivity index (χ0) is 12.0. The van der Waals surface area contributed by atoms with Crippen LogP contribution in [0.25, 0.3) is 0 Å². The van der Waals surface area contributed by atoms with Gasteiger partial charge in [-0.25, -0.2) is 4.98 Å². The first kappa shape index (κ1) is 12.8. The molecule has 0 spiro atoms. The van der Waals surface area contributed by atoms with Crippen molar-refractivity contribution in [3.63, 3.8) is 0 Å². The second-order valence-electron chi connectivity index (χ2n) is 3.18. The van der Waals surface area contributed by atoms with E-state index in [1.54, 1.807) is 19.4 Å². The summed E-state index contributed by atoms with van der Waals surface area (Å²) in [7, 11) is 1.65. The molecule has 0 atom stereocenters. The molecule has 0 aliphatic heterocycles. The Morgan fingerprint density at radius 1 is 1.62 bits per heavy atom. The summed E-state index contributed by atoms with van der Waals surface area (Å²) in [6.07, 6.45) is 1.59. The van der Waals surface area contributed by atoms with E-state index in [0.717, 1.165) is 6.54 Å². The van der Waals surface area contributed by atoms with E-state index in [-0.39, 0.29) is 0 Å². The van der Waals surface area contributed by atoms with E-state index in [1.165, 1.54) is 0 Å². The fraction of sp³-hybridized carbons (Fsp3) is 0.455. The monoisotopic (exact) mass is 239 g/mol. The Labute approximate surface area is 100 Å². The van der Waals surface area contributed by atoms with Crippen molar-refractivity contribution in [3.05, 3.63) is 22.8 Å². The lowest BCUT2D eigenvalue weighted by Crippen LogP contribution is -2.28. The van der Waals surface area contributed by atoms with Gasteiger partial charge in [-0.15, -0.1) is 0 Å². The first-order chi connectivity index (χ1) is 7.74. The second kappa shape index (κ2) is 6.31. The maximum absolute atomic E-state index is 8.87. The van der Waals surface area contributed by atoms with E-state index in [9.17, 15) is 0 Å². The lowest BCUT2D eigenvalue weighted by molar-refractivity contribution is 0.205. The van der Waals surface area contributed by atoms with Crippen molar-refractivity contribution in [2.45, 2.75) is 6.92 Å². The SMILES string of the molecule is CCN(CCOC)c1nccc(C#N)c1Cl. The molecule has 0 N–H and O–H groups in total. The molecule has 1 aromatic rings. The number of hydrogen-bond donors (Lipinski definition) is 0. The Hall–Kier alpha value is -1.31. The highest BCUT2D eigenvalue weighted by Crippen LogP contribution is 2.25. The van der Waals surface area contributed by atoms with Gasteiger partial charge >= 0.3 is 0 Å². The average Bonchev–Trinajstić information content (AvgIpc) is 2.32.